The van der Waals surface area contributed by atoms with E-state index in [1.54, 1.807) is 17.5 Å². The minimum absolute atomic E-state index is 0.119. The number of hydrogen-bond acceptors (Lipinski definition) is 7. The van der Waals surface area contributed by atoms with Gasteiger partial charge in [-0.25, -0.2) is 13.1 Å². The van der Waals surface area contributed by atoms with Crippen molar-refractivity contribution in [1.82, 2.24) is 19.5 Å². The van der Waals surface area contributed by atoms with Crippen LogP contribution in [0.15, 0.2) is 27.9 Å². The van der Waals surface area contributed by atoms with Crippen molar-refractivity contribution in [3.8, 4) is 0 Å². The van der Waals surface area contributed by atoms with Crippen LogP contribution in [-0.2, 0) is 39.1 Å². The number of aromatic nitrogens is 1. The molecular formula is C21H28N4O4S2. The molecule has 2 aliphatic heterocycles. The fourth-order valence-corrected chi connectivity index (χ4v) is 6.22. The van der Waals surface area contributed by atoms with E-state index in [9.17, 15) is 13.2 Å². The Balaban J connectivity index is 1.47. The van der Waals surface area contributed by atoms with E-state index in [1.165, 1.54) is 11.3 Å². The first-order valence-corrected chi connectivity index (χ1v) is 12.8. The number of aryl methyl sites for hydroxylation is 1. The van der Waals surface area contributed by atoms with Crippen LogP contribution in [-0.4, -0.2) is 68.0 Å². The molecule has 2 aromatic rings. The van der Waals surface area contributed by atoms with Crippen molar-refractivity contribution in [2.24, 2.45) is 0 Å². The number of thiophene rings is 1. The van der Waals surface area contributed by atoms with Crippen LogP contribution in [0.3, 0.4) is 0 Å². The minimum Gasteiger partial charge on any atom is -0.379 e. The normalized spacial score (nSPS) is 18.6. The van der Waals surface area contributed by atoms with E-state index in [1.807, 2.05) is 24.9 Å². The van der Waals surface area contributed by atoms with E-state index in [-0.39, 0.29) is 18.5 Å². The summed E-state index contributed by atoms with van der Waals surface area (Å²) < 4.78 is 33.5. The van der Waals surface area contributed by atoms with E-state index >= 15 is 0 Å². The monoisotopic (exact) mass is 464 g/mol. The zero-order valence-electron chi connectivity index (χ0n) is 17.8. The molecular weight excluding hydrogens is 436 g/mol. The summed E-state index contributed by atoms with van der Waals surface area (Å²) in [5.41, 5.74) is 3.81. The molecule has 1 amide bonds. The van der Waals surface area contributed by atoms with Crippen LogP contribution in [0, 0.1) is 6.92 Å². The lowest BCUT2D eigenvalue weighted by Gasteiger charge is -2.37. The highest BCUT2D eigenvalue weighted by Crippen LogP contribution is 2.26. The van der Waals surface area contributed by atoms with E-state index in [2.05, 4.69) is 14.6 Å². The smallest absolute Gasteiger partial charge is 0.250 e. The number of ether oxygens (including phenoxy) is 1. The van der Waals surface area contributed by atoms with Crippen LogP contribution in [0.1, 0.15) is 29.3 Å². The third-order valence-corrected chi connectivity index (χ3v) is 8.86. The molecule has 4 heterocycles. The molecule has 168 valence electrons. The van der Waals surface area contributed by atoms with Crippen molar-refractivity contribution >= 4 is 27.3 Å². The van der Waals surface area contributed by atoms with Crippen LogP contribution in [0.2, 0.25) is 0 Å². The Kier molecular flexibility index (Phi) is 6.73. The molecule has 0 aromatic carbocycles. The number of rotatable bonds is 6. The fourth-order valence-electron chi connectivity index (χ4n) is 4.18. The molecule has 0 radical (unpaired) electrons. The van der Waals surface area contributed by atoms with Gasteiger partial charge in [0, 0.05) is 44.6 Å². The summed E-state index contributed by atoms with van der Waals surface area (Å²) in [6.07, 6.45) is 2.51. The van der Waals surface area contributed by atoms with Gasteiger partial charge in [-0.1, -0.05) is 6.07 Å². The van der Waals surface area contributed by atoms with E-state index in [4.69, 9.17) is 4.74 Å². The molecule has 2 aromatic heterocycles. The zero-order chi connectivity index (χ0) is 22.0. The molecule has 2 aliphatic rings. The highest BCUT2D eigenvalue weighted by atomic mass is 32.2. The molecule has 0 aliphatic carbocycles. The number of morpholine rings is 1. The molecule has 1 atom stereocenters. The van der Waals surface area contributed by atoms with Crippen LogP contribution in [0.5, 0.6) is 0 Å². The van der Waals surface area contributed by atoms with E-state index in [0.717, 1.165) is 35.5 Å². The number of carbonyl (C=O) groups is 1. The summed E-state index contributed by atoms with van der Waals surface area (Å²) in [5, 5.41) is 1.75. The van der Waals surface area contributed by atoms with Gasteiger partial charge in [-0.2, -0.15) is 0 Å². The van der Waals surface area contributed by atoms with Gasteiger partial charge in [-0.15, -0.1) is 11.3 Å². The maximum absolute atomic E-state index is 13.1. The largest absolute Gasteiger partial charge is 0.379 e. The average molecular weight is 465 g/mol. The zero-order valence-corrected chi connectivity index (χ0v) is 19.5. The van der Waals surface area contributed by atoms with E-state index in [0.29, 0.717) is 36.9 Å². The fraction of sp³-hybridized carbons (Fsp3) is 0.524. The molecule has 31 heavy (non-hydrogen) atoms. The minimum atomic E-state index is -3.55. The molecule has 0 unspecified atom stereocenters. The lowest BCUT2D eigenvalue weighted by atomic mass is 9.94. The van der Waals surface area contributed by atoms with Gasteiger partial charge in [0.15, 0.2) is 0 Å². The maximum Gasteiger partial charge on any atom is 0.250 e. The predicted molar refractivity (Wildman–Crippen MR) is 118 cm³/mol. The van der Waals surface area contributed by atoms with Crippen molar-refractivity contribution in [3.63, 3.8) is 0 Å². The van der Waals surface area contributed by atoms with Gasteiger partial charge in [0.25, 0.3) is 0 Å². The Morgan fingerprint density at radius 2 is 2.10 bits per heavy atom. The lowest BCUT2D eigenvalue weighted by Crippen LogP contribution is -2.51. The van der Waals surface area contributed by atoms with Crippen molar-refractivity contribution < 1.29 is 17.9 Å². The predicted octanol–water partition coefficient (Wildman–Crippen LogP) is 1.54. The number of sulfonamides is 1. The summed E-state index contributed by atoms with van der Waals surface area (Å²) >= 11 is 1.19. The molecule has 8 nitrogen and oxygen atoms in total. The maximum atomic E-state index is 13.1. The molecule has 1 fully saturated rings. The quantitative estimate of drug-likeness (QED) is 0.697. The number of nitrogens with one attached hydrogen (secondary N) is 1. The van der Waals surface area contributed by atoms with Gasteiger partial charge >= 0.3 is 0 Å². The molecule has 10 heteroatoms. The first kappa shape index (κ1) is 22.3. The first-order valence-electron chi connectivity index (χ1n) is 10.5. The molecule has 0 bridgehead atoms. The molecule has 4 rings (SSSR count). The third-order valence-electron chi connectivity index (χ3n) is 6.06. The van der Waals surface area contributed by atoms with Crippen LogP contribution in [0.4, 0.5) is 0 Å². The van der Waals surface area contributed by atoms with E-state index < -0.39 is 10.0 Å². The average Bonchev–Trinajstić information content (AvgIpc) is 3.34. The summed E-state index contributed by atoms with van der Waals surface area (Å²) in [6.45, 7) is 8.03. The Morgan fingerprint density at radius 1 is 1.32 bits per heavy atom. The van der Waals surface area contributed by atoms with Gasteiger partial charge < -0.3 is 9.64 Å². The summed E-state index contributed by atoms with van der Waals surface area (Å²) in [7, 11) is -3.55. The van der Waals surface area contributed by atoms with Gasteiger partial charge in [0.05, 0.1) is 19.3 Å². The van der Waals surface area contributed by atoms with Crippen LogP contribution >= 0.6 is 11.3 Å². The highest BCUT2D eigenvalue weighted by molar-refractivity contribution is 7.91. The number of fused-ring (bicyclic) bond motifs is 1. The molecule has 0 saturated carbocycles. The van der Waals surface area contributed by atoms with Gasteiger partial charge in [-0.3, -0.25) is 14.7 Å². The van der Waals surface area contributed by atoms with Gasteiger partial charge in [0.2, 0.25) is 15.9 Å². The van der Waals surface area contributed by atoms with Gasteiger partial charge in [-0.05, 0) is 48.4 Å². The SMILES string of the molecule is Cc1ncc2c(c1CNS(=O)(=O)c1cccs1)CCN(C(=O)[C@@H](C)N1CCOCC1)C2. The number of nitrogens with zero attached hydrogens (tertiary/aromatic N) is 3. The Hall–Kier alpha value is -1.85. The van der Waals surface area contributed by atoms with Crippen LogP contribution in [0.25, 0.3) is 0 Å². The summed E-state index contributed by atoms with van der Waals surface area (Å²) in [6, 6.07) is 3.14. The van der Waals surface area contributed by atoms with Crippen molar-refractivity contribution in [2.45, 2.75) is 43.6 Å². The standard InChI is InChI=1S/C21H28N4O4S2/c1-15-19(13-23-31(27,28)20-4-3-11-30-20)18-5-6-25(14-17(18)12-22-15)21(26)16(2)24-7-9-29-10-8-24/h3-4,11-12,16,23H,5-10,13-14H2,1-2H3/t16-/m1/s1. The second-order valence-electron chi connectivity index (χ2n) is 7.92. The Bertz CT molecular complexity index is 1030. The Morgan fingerprint density at radius 3 is 2.81 bits per heavy atom. The number of hydrogen-bond donors (Lipinski definition) is 1. The van der Waals surface area contributed by atoms with Gasteiger partial charge in [0.1, 0.15) is 4.21 Å². The second-order valence-corrected chi connectivity index (χ2v) is 10.9. The number of pyridine rings is 1. The van der Waals surface area contributed by atoms with Crippen molar-refractivity contribution in [1.29, 1.82) is 0 Å². The first-order chi connectivity index (χ1) is 14.9. The highest BCUT2D eigenvalue weighted by Gasteiger charge is 2.30. The second kappa shape index (κ2) is 9.33. The van der Waals surface area contributed by atoms with Crippen molar-refractivity contribution in [2.75, 3.05) is 32.8 Å². The topological polar surface area (TPSA) is 91.8 Å². The summed E-state index contributed by atoms with van der Waals surface area (Å²) in [5.74, 6) is 0.119. The number of carbonyl (C=O) groups excluding carboxylic acids is 1. The summed E-state index contributed by atoms with van der Waals surface area (Å²) in [4.78, 5) is 21.6. The van der Waals surface area contributed by atoms with Crippen molar-refractivity contribution in [3.05, 3.63) is 46.1 Å². The lowest BCUT2D eigenvalue weighted by molar-refractivity contribution is -0.139. The third kappa shape index (κ3) is 4.83. The number of amides is 1. The van der Waals surface area contributed by atoms with Crippen LogP contribution < -0.4 is 4.72 Å². The molecule has 1 N–H and O–H groups in total. The molecule has 0 spiro atoms. The molecule has 1 saturated heterocycles. The Labute approximate surface area is 187 Å².